The molecule has 74 valence electrons. The summed E-state index contributed by atoms with van der Waals surface area (Å²) in [5, 5.41) is 3.36. The highest BCUT2D eigenvalue weighted by atomic mass is 14.9. The molecule has 0 aromatic heterocycles. The fourth-order valence-corrected chi connectivity index (χ4v) is 2.34. The molecule has 0 aliphatic heterocycles. The van der Waals surface area contributed by atoms with Gasteiger partial charge in [0.1, 0.15) is 0 Å². The molecule has 1 rings (SSSR count). The van der Waals surface area contributed by atoms with Gasteiger partial charge in [-0.15, -0.1) is 12.3 Å². The van der Waals surface area contributed by atoms with Gasteiger partial charge in [0, 0.05) is 12.5 Å². The van der Waals surface area contributed by atoms with Crippen molar-refractivity contribution in [1.82, 2.24) is 5.32 Å². The zero-order valence-corrected chi connectivity index (χ0v) is 8.68. The highest BCUT2D eigenvalue weighted by Gasteiger charge is 2.20. The van der Waals surface area contributed by atoms with Gasteiger partial charge in [0.05, 0.1) is 0 Å². The SMILES string of the molecule is C#CCC(NC)C1CCCCCC1. The lowest BCUT2D eigenvalue weighted by Crippen LogP contribution is -2.32. The maximum absolute atomic E-state index is 5.36. The van der Waals surface area contributed by atoms with Crippen molar-refractivity contribution >= 4 is 0 Å². The Morgan fingerprint density at radius 3 is 2.38 bits per heavy atom. The predicted octanol–water partition coefficient (Wildman–Crippen LogP) is 2.57. The van der Waals surface area contributed by atoms with Crippen molar-refractivity contribution in [3.8, 4) is 12.3 Å². The monoisotopic (exact) mass is 179 g/mol. The molecule has 1 nitrogen and oxygen atoms in total. The lowest BCUT2D eigenvalue weighted by molar-refractivity contribution is 0.339. The quantitative estimate of drug-likeness (QED) is 0.518. The van der Waals surface area contributed by atoms with E-state index in [1.807, 2.05) is 7.05 Å². The Morgan fingerprint density at radius 1 is 1.31 bits per heavy atom. The maximum Gasteiger partial charge on any atom is 0.0243 e. The van der Waals surface area contributed by atoms with Crippen LogP contribution in [0.15, 0.2) is 0 Å². The van der Waals surface area contributed by atoms with Gasteiger partial charge in [0.15, 0.2) is 0 Å². The molecule has 1 aliphatic rings. The second kappa shape index (κ2) is 6.05. The number of terminal acetylenes is 1. The first-order valence-electron chi connectivity index (χ1n) is 5.49. The standard InChI is InChI=1S/C12H21N/c1-3-8-12(13-2)11-9-6-4-5-7-10-11/h1,11-13H,4-10H2,2H3. The van der Waals surface area contributed by atoms with Crippen LogP contribution in [0.5, 0.6) is 0 Å². The Kier molecular flexibility index (Phi) is 4.93. The van der Waals surface area contributed by atoms with Crippen LogP contribution in [0, 0.1) is 18.3 Å². The molecule has 1 heteroatoms. The van der Waals surface area contributed by atoms with Crippen LogP contribution in [-0.4, -0.2) is 13.1 Å². The molecule has 1 atom stereocenters. The average molecular weight is 179 g/mol. The largest absolute Gasteiger partial charge is 0.316 e. The third-order valence-corrected chi connectivity index (χ3v) is 3.18. The summed E-state index contributed by atoms with van der Waals surface area (Å²) in [5.41, 5.74) is 0. The van der Waals surface area contributed by atoms with E-state index in [0.717, 1.165) is 12.3 Å². The Morgan fingerprint density at radius 2 is 1.92 bits per heavy atom. The molecular formula is C12H21N. The summed E-state index contributed by atoms with van der Waals surface area (Å²) in [4.78, 5) is 0. The Labute approximate surface area is 82.3 Å². The summed E-state index contributed by atoms with van der Waals surface area (Å²) in [5.74, 6) is 3.60. The van der Waals surface area contributed by atoms with Crippen LogP contribution in [0.3, 0.4) is 0 Å². The van der Waals surface area contributed by atoms with E-state index in [0.29, 0.717) is 6.04 Å². The molecule has 0 bridgehead atoms. The normalized spacial score (nSPS) is 21.8. The van der Waals surface area contributed by atoms with Gasteiger partial charge < -0.3 is 5.32 Å². The number of rotatable bonds is 3. The first kappa shape index (κ1) is 10.6. The van der Waals surface area contributed by atoms with Gasteiger partial charge in [0.25, 0.3) is 0 Å². The third-order valence-electron chi connectivity index (χ3n) is 3.18. The Bertz CT molecular complexity index is 160. The zero-order chi connectivity index (χ0) is 9.52. The third kappa shape index (κ3) is 3.40. The molecule has 0 radical (unpaired) electrons. The minimum atomic E-state index is 0.558. The van der Waals surface area contributed by atoms with Gasteiger partial charge in [-0.2, -0.15) is 0 Å². The zero-order valence-electron chi connectivity index (χ0n) is 8.68. The van der Waals surface area contributed by atoms with Gasteiger partial charge in [-0.05, 0) is 25.8 Å². The summed E-state index contributed by atoms with van der Waals surface area (Å²) in [6.45, 7) is 0. The summed E-state index contributed by atoms with van der Waals surface area (Å²) < 4.78 is 0. The Hall–Kier alpha value is -0.480. The Balaban J connectivity index is 2.41. The molecule has 0 heterocycles. The second-order valence-corrected chi connectivity index (χ2v) is 4.06. The highest BCUT2D eigenvalue weighted by molar-refractivity contribution is 4.92. The van der Waals surface area contributed by atoms with Crippen LogP contribution in [0.25, 0.3) is 0 Å². The minimum absolute atomic E-state index is 0.558. The van der Waals surface area contributed by atoms with Crippen molar-refractivity contribution in [2.75, 3.05) is 7.05 Å². The lowest BCUT2D eigenvalue weighted by Gasteiger charge is -2.23. The van der Waals surface area contributed by atoms with E-state index in [1.165, 1.54) is 38.5 Å². The molecule has 1 fully saturated rings. The molecule has 0 amide bonds. The van der Waals surface area contributed by atoms with Crippen molar-refractivity contribution in [1.29, 1.82) is 0 Å². The lowest BCUT2D eigenvalue weighted by atomic mass is 9.90. The maximum atomic E-state index is 5.36. The van der Waals surface area contributed by atoms with Gasteiger partial charge in [-0.25, -0.2) is 0 Å². The average Bonchev–Trinajstić information content (AvgIpc) is 2.42. The van der Waals surface area contributed by atoms with E-state index in [9.17, 15) is 0 Å². The molecule has 0 aromatic carbocycles. The van der Waals surface area contributed by atoms with Gasteiger partial charge >= 0.3 is 0 Å². The number of nitrogens with one attached hydrogen (secondary N) is 1. The molecule has 0 saturated heterocycles. The van der Waals surface area contributed by atoms with E-state index in [4.69, 9.17) is 6.42 Å². The fourth-order valence-electron chi connectivity index (χ4n) is 2.34. The van der Waals surface area contributed by atoms with Crippen molar-refractivity contribution in [3.63, 3.8) is 0 Å². The van der Waals surface area contributed by atoms with Crippen LogP contribution in [0.1, 0.15) is 44.9 Å². The van der Waals surface area contributed by atoms with Gasteiger partial charge in [-0.3, -0.25) is 0 Å². The predicted molar refractivity (Wildman–Crippen MR) is 57.5 cm³/mol. The summed E-state index contributed by atoms with van der Waals surface area (Å²) >= 11 is 0. The second-order valence-electron chi connectivity index (χ2n) is 4.06. The van der Waals surface area contributed by atoms with Crippen LogP contribution < -0.4 is 5.32 Å². The number of hydrogen-bond donors (Lipinski definition) is 1. The summed E-state index contributed by atoms with van der Waals surface area (Å²) in [6.07, 6.45) is 14.6. The van der Waals surface area contributed by atoms with E-state index >= 15 is 0 Å². The first-order chi connectivity index (χ1) is 6.38. The smallest absolute Gasteiger partial charge is 0.0243 e. The van der Waals surface area contributed by atoms with Crippen LogP contribution in [0.4, 0.5) is 0 Å². The summed E-state index contributed by atoms with van der Waals surface area (Å²) in [7, 11) is 2.03. The van der Waals surface area contributed by atoms with E-state index in [-0.39, 0.29) is 0 Å². The molecule has 13 heavy (non-hydrogen) atoms. The van der Waals surface area contributed by atoms with Crippen LogP contribution in [0.2, 0.25) is 0 Å². The van der Waals surface area contributed by atoms with Gasteiger partial charge in [0.2, 0.25) is 0 Å². The summed E-state index contributed by atoms with van der Waals surface area (Å²) in [6, 6.07) is 0.558. The molecule has 0 aromatic rings. The molecule has 1 unspecified atom stereocenters. The molecule has 1 aliphatic carbocycles. The highest BCUT2D eigenvalue weighted by Crippen LogP contribution is 2.26. The molecule has 1 N–H and O–H groups in total. The molecular weight excluding hydrogens is 158 g/mol. The number of hydrogen-bond acceptors (Lipinski definition) is 1. The van der Waals surface area contributed by atoms with Crippen LogP contribution in [-0.2, 0) is 0 Å². The van der Waals surface area contributed by atoms with Gasteiger partial charge in [-0.1, -0.05) is 25.7 Å². The van der Waals surface area contributed by atoms with E-state index in [1.54, 1.807) is 0 Å². The molecule has 0 spiro atoms. The topological polar surface area (TPSA) is 12.0 Å². The van der Waals surface area contributed by atoms with E-state index in [2.05, 4.69) is 11.2 Å². The minimum Gasteiger partial charge on any atom is -0.316 e. The fraction of sp³-hybridized carbons (Fsp3) is 0.833. The van der Waals surface area contributed by atoms with Crippen molar-refractivity contribution < 1.29 is 0 Å². The first-order valence-corrected chi connectivity index (χ1v) is 5.49. The van der Waals surface area contributed by atoms with Crippen molar-refractivity contribution in [2.24, 2.45) is 5.92 Å². The van der Waals surface area contributed by atoms with Crippen LogP contribution >= 0.6 is 0 Å². The van der Waals surface area contributed by atoms with Crippen molar-refractivity contribution in [3.05, 3.63) is 0 Å². The molecule has 1 saturated carbocycles. The van der Waals surface area contributed by atoms with E-state index < -0.39 is 0 Å². The van der Waals surface area contributed by atoms with Crippen molar-refractivity contribution in [2.45, 2.75) is 51.0 Å².